The lowest BCUT2D eigenvalue weighted by molar-refractivity contribution is -0.139. The maximum Gasteiger partial charge on any atom is 0.338 e. The summed E-state index contributed by atoms with van der Waals surface area (Å²) in [4.78, 5) is 31.6. The van der Waals surface area contributed by atoms with E-state index in [2.05, 4.69) is 4.99 Å². The standard InChI is InChI=1S/C25H24N2O5S/c1-5-32-24(29)21-15(2)26-25-27(22(21)17-11-12-18(30-3)19(14-17)31-4)23(28)20(33-25)13-16-9-7-6-8-10-16/h6-14,22H,5H2,1-4H3/b20-13+/t22-/m0/s1. The first-order valence-electron chi connectivity index (χ1n) is 10.4. The van der Waals surface area contributed by atoms with Gasteiger partial charge in [-0.25, -0.2) is 9.79 Å². The molecule has 1 atom stereocenters. The van der Waals surface area contributed by atoms with Crippen LogP contribution in [-0.4, -0.2) is 31.4 Å². The Bertz CT molecular complexity index is 1400. The Labute approximate surface area is 194 Å². The molecule has 2 heterocycles. The number of rotatable bonds is 6. The van der Waals surface area contributed by atoms with E-state index >= 15 is 0 Å². The van der Waals surface area contributed by atoms with E-state index < -0.39 is 12.0 Å². The van der Waals surface area contributed by atoms with Crippen LogP contribution in [0.15, 0.2) is 69.6 Å². The predicted octanol–water partition coefficient (Wildman–Crippen LogP) is 2.82. The van der Waals surface area contributed by atoms with Crippen molar-refractivity contribution in [2.75, 3.05) is 20.8 Å². The fourth-order valence-electron chi connectivity index (χ4n) is 3.83. The number of methoxy groups -OCH3 is 2. The topological polar surface area (TPSA) is 79.1 Å². The monoisotopic (exact) mass is 464 g/mol. The largest absolute Gasteiger partial charge is 0.493 e. The van der Waals surface area contributed by atoms with Gasteiger partial charge < -0.3 is 14.2 Å². The van der Waals surface area contributed by atoms with Gasteiger partial charge >= 0.3 is 5.97 Å². The van der Waals surface area contributed by atoms with Gasteiger partial charge in [0.25, 0.3) is 5.56 Å². The van der Waals surface area contributed by atoms with Crippen LogP contribution >= 0.6 is 11.3 Å². The van der Waals surface area contributed by atoms with Gasteiger partial charge in [0.2, 0.25) is 0 Å². The molecule has 7 nitrogen and oxygen atoms in total. The van der Waals surface area contributed by atoms with Gasteiger partial charge in [0.1, 0.15) is 0 Å². The molecule has 0 saturated carbocycles. The van der Waals surface area contributed by atoms with Crippen LogP contribution in [0.2, 0.25) is 0 Å². The third-order valence-electron chi connectivity index (χ3n) is 5.34. The molecule has 0 radical (unpaired) electrons. The fourth-order valence-corrected chi connectivity index (χ4v) is 4.88. The highest BCUT2D eigenvalue weighted by Crippen LogP contribution is 2.36. The van der Waals surface area contributed by atoms with Gasteiger partial charge in [0.05, 0.1) is 42.7 Å². The van der Waals surface area contributed by atoms with E-state index in [1.54, 1.807) is 44.8 Å². The maximum absolute atomic E-state index is 13.6. The molecule has 0 N–H and O–H groups in total. The molecule has 1 aromatic heterocycles. The van der Waals surface area contributed by atoms with Crippen LogP contribution < -0.4 is 24.4 Å². The molecule has 0 saturated heterocycles. The average molecular weight is 465 g/mol. The van der Waals surface area contributed by atoms with E-state index in [0.29, 0.717) is 37.7 Å². The first-order valence-corrected chi connectivity index (χ1v) is 11.3. The Balaban J connectivity index is 1.98. The smallest absolute Gasteiger partial charge is 0.338 e. The number of ether oxygens (including phenoxy) is 3. The van der Waals surface area contributed by atoms with Crippen molar-refractivity contribution in [1.29, 1.82) is 0 Å². The second-order valence-electron chi connectivity index (χ2n) is 7.33. The first kappa shape index (κ1) is 22.5. The average Bonchev–Trinajstić information content (AvgIpc) is 3.12. The predicted molar refractivity (Wildman–Crippen MR) is 126 cm³/mol. The van der Waals surface area contributed by atoms with E-state index in [0.717, 1.165) is 5.56 Å². The summed E-state index contributed by atoms with van der Waals surface area (Å²) in [5, 5.41) is 0. The molecule has 0 aliphatic carbocycles. The molecular formula is C25H24N2O5S. The Morgan fingerprint density at radius 1 is 1.12 bits per heavy atom. The van der Waals surface area contributed by atoms with Crippen LogP contribution in [0.25, 0.3) is 6.08 Å². The van der Waals surface area contributed by atoms with Crippen molar-refractivity contribution in [2.45, 2.75) is 19.9 Å². The number of fused-ring (bicyclic) bond motifs is 1. The molecule has 0 bridgehead atoms. The maximum atomic E-state index is 13.6. The number of carbonyl (C=O) groups is 1. The number of aromatic nitrogens is 1. The summed E-state index contributed by atoms with van der Waals surface area (Å²) in [6, 6.07) is 14.2. The minimum atomic E-state index is -0.710. The molecule has 0 amide bonds. The lowest BCUT2D eigenvalue weighted by atomic mass is 9.95. The van der Waals surface area contributed by atoms with E-state index in [1.165, 1.54) is 11.3 Å². The molecule has 4 rings (SSSR count). The third-order valence-corrected chi connectivity index (χ3v) is 6.32. The van der Waals surface area contributed by atoms with Gasteiger partial charge in [-0.05, 0) is 43.2 Å². The molecule has 8 heteroatoms. The van der Waals surface area contributed by atoms with Gasteiger partial charge in [0.15, 0.2) is 16.3 Å². The first-order chi connectivity index (χ1) is 16.0. The molecule has 33 heavy (non-hydrogen) atoms. The van der Waals surface area contributed by atoms with Crippen molar-refractivity contribution in [3.63, 3.8) is 0 Å². The number of hydrogen-bond donors (Lipinski definition) is 0. The zero-order valence-corrected chi connectivity index (χ0v) is 19.6. The van der Waals surface area contributed by atoms with E-state index in [-0.39, 0.29) is 12.2 Å². The van der Waals surface area contributed by atoms with Crippen molar-refractivity contribution in [2.24, 2.45) is 4.99 Å². The summed E-state index contributed by atoms with van der Waals surface area (Å²) in [6.45, 7) is 3.72. The number of hydrogen-bond acceptors (Lipinski definition) is 7. The highest BCUT2D eigenvalue weighted by atomic mass is 32.1. The second-order valence-corrected chi connectivity index (χ2v) is 8.34. The highest BCUT2D eigenvalue weighted by molar-refractivity contribution is 7.07. The minimum absolute atomic E-state index is 0.215. The lowest BCUT2D eigenvalue weighted by Gasteiger charge is -2.25. The minimum Gasteiger partial charge on any atom is -0.493 e. The number of carbonyl (C=O) groups excluding carboxylic acids is 1. The molecule has 0 fully saturated rings. The molecular weight excluding hydrogens is 440 g/mol. The fraction of sp³-hybridized carbons (Fsp3) is 0.240. The molecule has 1 aliphatic rings. The normalized spacial score (nSPS) is 15.6. The van der Waals surface area contributed by atoms with Crippen molar-refractivity contribution >= 4 is 23.4 Å². The molecule has 0 unspecified atom stereocenters. The molecule has 0 spiro atoms. The van der Waals surface area contributed by atoms with Crippen LogP contribution in [0.4, 0.5) is 0 Å². The van der Waals surface area contributed by atoms with Crippen molar-refractivity contribution in [1.82, 2.24) is 4.57 Å². The molecule has 1 aliphatic heterocycles. The molecule has 3 aromatic rings. The van der Waals surface area contributed by atoms with Gasteiger partial charge in [-0.15, -0.1) is 0 Å². The SMILES string of the molecule is CCOC(=O)C1=C(C)N=c2s/c(=C/c3ccccc3)c(=O)n2[C@H]1c1ccc(OC)c(OC)c1. The number of esters is 1. The zero-order chi connectivity index (χ0) is 23.5. The summed E-state index contributed by atoms with van der Waals surface area (Å²) < 4.78 is 18.2. The Morgan fingerprint density at radius 3 is 2.52 bits per heavy atom. The second kappa shape index (κ2) is 9.46. The molecule has 2 aromatic carbocycles. The number of benzene rings is 2. The third kappa shape index (κ3) is 4.21. The van der Waals surface area contributed by atoms with E-state index in [9.17, 15) is 9.59 Å². The Hall–Kier alpha value is -3.65. The van der Waals surface area contributed by atoms with Crippen LogP contribution in [0.1, 0.15) is 31.0 Å². The number of nitrogens with zero attached hydrogens (tertiary/aromatic N) is 2. The van der Waals surface area contributed by atoms with Crippen molar-refractivity contribution < 1.29 is 19.0 Å². The van der Waals surface area contributed by atoms with Gasteiger partial charge in [-0.3, -0.25) is 9.36 Å². The van der Waals surface area contributed by atoms with Crippen LogP contribution in [-0.2, 0) is 9.53 Å². The van der Waals surface area contributed by atoms with Crippen LogP contribution in [0.5, 0.6) is 11.5 Å². The zero-order valence-electron chi connectivity index (χ0n) is 18.8. The van der Waals surface area contributed by atoms with Gasteiger partial charge in [-0.1, -0.05) is 47.7 Å². The summed E-state index contributed by atoms with van der Waals surface area (Å²) in [7, 11) is 3.10. The summed E-state index contributed by atoms with van der Waals surface area (Å²) in [6.07, 6.45) is 1.83. The van der Waals surface area contributed by atoms with Crippen molar-refractivity contribution in [3.05, 3.63) is 90.6 Å². The summed E-state index contributed by atoms with van der Waals surface area (Å²) in [5.74, 6) is 0.547. The Morgan fingerprint density at radius 2 is 1.85 bits per heavy atom. The number of allylic oxidation sites excluding steroid dienone is 1. The van der Waals surface area contributed by atoms with E-state index in [4.69, 9.17) is 14.2 Å². The summed E-state index contributed by atoms with van der Waals surface area (Å²) >= 11 is 1.29. The number of thiazole rings is 1. The van der Waals surface area contributed by atoms with Crippen LogP contribution in [0.3, 0.4) is 0 Å². The molecule has 170 valence electrons. The van der Waals surface area contributed by atoms with Crippen LogP contribution in [0, 0.1) is 0 Å². The lowest BCUT2D eigenvalue weighted by Crippen LogP contribution is -2.39. The van der Waals surface area contributed by atoms with E-state index in [1.807, 2.05) is 42.5 Å². The van der Waals surface area contributed by atoms with Gasteiger partial charge in [-0.2, -0.15) is 0 Å². The quantitative estimate of drug-likeness (QED) is 0.524. The highest BCUT2D eigenvalue weighted by Gasteiger charge is 2.33. The Kier molecular flexibility index (Phi) is 6.46. The summed E-state index contributed by atoms with van der Waals surface area (Å²) in [5.41, 5.74) is 2.21. The van der Waals surface area contributed by atoms with Crippen molar-refractivity contribution in [3.8, 4) is 11.5 Å². The van der Waals surface area contributed by atoms with Gasteiger partial charge in [0, 0.05) is 0 Å².